The highest BCUT2D eigenvalue weighted by Crippen LogP contribution is 2.22. The zero-order chi connectivity index (χ0) is 10.7. The van der Waals surface area contributed by atoms with Crippen LogP contribution in [0.15, 0.2) is 0 Å². The highest BCUT2D eigenvalue weighted by molar-refractivity contribution is 5.95. The van der Waals surface area contributed by atoms with Gasteiger partial charge in [0, 0.05) is 13.6 Å². The van der Waals surface area contributed by atoms with Gasteiger partial charge in [-0.25, -0.2) is 0 Å². The van der Waals surface area contributed by atoms with Gasteiger partial charge in [0.2, 0.25) is 0 Å². The van der Waals surface area contributed by atoms with Crippen molar-refractivity contribution in [3.63, 3.8) is 0 Å². The lowest BCUT2D eigenvalue weighted by molar-refractivity contribution is 0.0954. The quantitative estimate of drug-likeness (QED) is 0.771. The van der Waals surface area contributed by atoms with Crippen molar-refractivity contribution < 1.29 is 9.53 Å². The number of methoxy groups -OCH3 is 1. The summed E-state index contributed by atoms with van der Waals surface area (Å²) in [5, 5.41) is 6.68. The molecular formula is C9H15N3O2. The van der Waals surface area contributed by atoms with Gasteiger partial charge in [0.15, 0.2) is 11.4 Å². The molecule has 5 heteroatoms. The van der Waals surface area contributed by atoms with Crippen LogP contribution in [0.2, 0.25) is 0 Å². The standard InChI is InChI=1S/C9H15N3O2/c1-5-12-6(2)8(14-4)7(11-12)9(13)10-3/h5H2,1-4H3,(H,10,13). The minimum absolute atomic E-state index is 0.225. The molecule has 0 atom stereocenters. The van der Waals surface area contributed by atoms with Crippen LogP contribution in [0.5, 0.6) is 5.75 Å². The first-order valence-corrected chi connectivity index (χ1v) is 4.49. The van der Waals surface area contributed by atoms with Gasteiger partial charge in [-0.1, -0.05) is 0 Å². The maximum Gasteiger partial charge on any atom is 0.275 e. The van der Waals surface area contributed by atoms with Crippen LogP contribution in [0.4, 0.5) is 0 Å². The molecule has 1 aromatic rings. The maximum absolute atomic E-state index is 11.4. The lowest BCUT2D eigenvalue weighted by atomic mass is 10.3. The minimum atomic E-state index is -0.225. The second kappa shape index (κ2) is 4.13. The van der Waals surface area contributed by atoms with Crippen LogP contribution in [-0.2, 0) is 6.54 Å². The third-order valence-corrected chi connectivity index (χ3v) is 2.10. The van der Waals surface area contributed by atoms with E-state index < -0.39 is 0 Å². The third-order valence-electron chi connectivity index (χ3n) is 2.10. The topological polar surface area (TPSA) is 56.2 Å². The molecule has 1 N–H and O–H groups in total. The number of carbonyl (C=O) groups is 1. The Labute approximate surface area is 83.1 Å². The lowest BCUT2D eigenvalue weighted by Gasteiger charge is -2.00. The molecule has 14 heavy (non-hydrogen) atoms. The number of aromatic nitrogens is 2. The van der Waals surface area contributed by atoms with E-state index in [1.807, 2.05) is 13.8 Å². The highest BCUT2D eigenvalue weighted by atomic mass is 16.5. The van der Waals surface area contributed by atoms with Crippen molar-refractivity contribution in [3.05, 3.63) is 11.4 Å². The van der Waals surface area contributed by atoms with Gasteiger partial charge in [0.05, 0.1) is 12.8 Å². The predicted molar refractivity (Wildman–Crippen MR) is 52.6 cm³/mol. The van der Waals surface area contributed by atoms with Crippen LogP contribution in [0, 0.1) is 6.92 Å². The average Bonchev–Trinajstić information content (AvgIpc) is 2.53. The minimum Gasteiger partial charge on any atom is -0.492 e. The number of hydrogen-bond acceptors (Lipinski definition) is 3. The average molecular weight is 197 g/mol. The summed E-state index contributed by atoms with van der Waals surface area (Å²) in [6.07, 6.45) is 0. The molecule has 0 fully saturated rings. The Kier molecular flexibility index (Phi) is 3.11. The second-order valence-electron chi connectivity index (χ2n) is 2.86. The fourth-order valence-corrected chi connectivity index (χ4v) is 1.35. The Morgan fingerprint density at radius 3 is 2.71 bits per heavy atom. The molecule has 1 heterocycles. The van der Waals surface area contributed by atoms with Gasteiger partial charge in [-0.3, -0.25) is 9.48 Å². The van der Waals surface area contributed by atoms with E-state index in [-0.39, 0.29) is 5.91 Å². The number of carbonyl (C=O) groups excluding carboxylic acids is 1. The third kappa shape index (κ3) is 1.57. The molecule has 0 radical (unpaired) electrons. The lowest BCUT2D eigenvalue weighted by Crippen LogP contribution is -2.19. The Bertz CT molecular complexity index is 344. The largest absolute Gasteiger partial charge is 0.492 e. The van der Waals surface area contributed by atoms with Crippen LogP contribution in [0.1, 0.15) is 23.1 Å². The van der Waals surface area contributed by atoms with E-state index >= 15 is 0 Å². The molecule has 0 unspecified atom stereocenters. The van der Waals surface area contributed by atoms with Crippen LogP contribution in [0.3, 0.4) is 0 Å². The fraction of sp³-hybridized carbons (Fsp3) is 0.556. The molecule has 0 aliphatic rings. The maximum atomic E-state index is 11.4. The number of aryl methyl sites for hydroxylation is 1. The summed E-state index contributed by atoms with van der Waals surface area (Å²) in [5.74, 6) is 0.323. The van der Waals surface area contributed by atoms with Gasteiger partial charge in [-0.15, -0.1) is 0 Å². The Hall–Kier alpha value is -1.52. The molecule has 78 valence electrons. The summed E-state index contributed by atoms with van der Waals surface area (Å²) in [6, 6.07) is 0. The van der Waals surface area contributed by atoms with Crippen LogP contribution >= 0.6 is 0 Å². The first-order chi connectivity index (χ1) is 6.65. The molecular weight excluding hydrogens is 182 g/mol. The van der Waals surface area contributed by atoms with Crippen LogP contribution < -0.4 is 10.1 Å². The summed E-state index contributed by atoms with van der Waals surface area (Å²) in [7, 11) is 3.11. The zero-order valence-electron chi connectivity index (χ0n) is 8.92. The normalized spacial score (nSPS) is 10.0. The van der Waals surface area contributed by atoms with Crippen molar-refractivity contribution in [1.29, 1.82) is 0 Å². The number of ether oxygens (including phenoxy) is 1. The fourth-order valence-electron chi connectivity index (χ4n) is 1.35. The zero-order valence-corrected chi connectivity index (χ0v) is 8.92. The highest BCUT2D eigenvalue weighted by Gasteiger charge is 2.19. The Morgan fingerprint density at radius 1 is 1.64 bits per heavy atom. The summed E-state index contributed by atoms with van der Waals surface area (Å²) in [4.78, 5) is 11.4. The number of amides is 1. The molecule has 0 bridgehead atoms. The van der Waals surface area contributed by atoms with Gasteiger partial charge in [-0.05, 0) is 13.8 Å². The van der Waals surface area contributed by atoms with E-state index in [0.717, 1.165) is 12.2 Å². The van der Waals surface area contributed by atoms with Gasteiger partial charge in [0.1, 0.15) is 0 Å². The summed E-state index contributed by atoms with van der Waals surface area (Å²) in [6.45, 7) is 4.56. The van der Waals surface area contributed by atoms with Crippen molar-refractivity contribution >= 4 is 5.91 Å². The molecule has 0 aliphatic carbocycles. The molecule has 0 saturated carbocycles. The molecule has 0 spiro atoms. The van der Waals surface area contributed by atoms with E-state index in [1.165, 1.54) is 7.11 Å². The molecule has 0 saturated heterocycles. The van der Waals surface area contributed by atoms with Gasteiger partial charge in [-0.2, -0.15) is 5.10 Å². The van der Waals surface area contributed by atoms with E-state index in [0.29, 0.717) is 11.4 Å². The molecule has 1 rings (SSSR count). The van der Waals surface area contributed by atoms with Crippen molar-refractivity contribution in [2.45, 2.75) is 20.4 Å². The first kappa shape index (κ1) is 10.6. The van der Waals surface area contributed by atoms with Crippen LogP contribution in [-0.4, -0.2) is 29.8 Å². The Morgan fingerprint density at radius 2 is 2.29 bits per heavy atom. The van der Waals surface area contributed by atoms with E-state index in [4.69, 9.17) is 4.74 Å². The van der Waals surface area contributed by atoms with E-state index in [2.05, 4.69) is 10.4 Å². The van der Waals surface area contributed by atoms with Gasteiger partial charge >= 0.3 is 0 Å². The smallest absolute Gasteiger partial charge is 0.275 e. The van der Waals surface area contributed by atoms with Crippen molar-refractivity contribution in [3.8, 4) is 5.75 Å². The summed E-state index contributed by atoms with van der Waals surface area (Å²) in [5.41, 5.74) is 1.21. The summed E-state index contributed by atoms with van der Waals surface area (Å²) < 4.78 is 6.88. The van der Waals surface area contributed by atoms with Gasteiger partial charge in [0.25, 0.3) is 5.91 Å². The molecule has 0 aliphatic heterocycles. The predicted octanol–water partition coefficient (Wildman–Crippen LogP) is 0.580. The first-order valence-electron chi connectivity index (χ1n) is 4.49. The van der Waals surface area contributed by atoms with Gasteiger partial charge < -0.3 is 10.1 Å². The molecule has 1 aromatic heterocycles. The summed E-state index contributed by atoms with van der Waals surface area (Å²) >= 11 is 0. The number of nitrogens with one attached hydrogen (secondary N) is 1. The SMILES string of the molecule is CCn1nc(C(=O)NC)c(OC)c1C. The van der Waals surface area contributed by atoms with E-state index in [1.54, 1.807) is 11.7 Å². The second-order valence-corrected chi connectivity index (χ2v) is 2.86. The van der Waals surface area contributed by atoms with Crippen molar-refractivity contribution in [1.82, 2.24) is 15.1 Å². The molecule has 0 aromatic carbocycles. The number of nitrogens with zero attached hydrogens (tertiary/aromatic N) is 2. The van der Waals surface area contributed by atoms with Crippen molar-refractivity contribution in [2.75, 3.05) is 14.2 Å². The molecule has 5 nitrogen and oxygen atoms in total. The number of hydrogen-bond donors (Lipinski definition) is 1. The monoisotopic (exact) mass is 197 g/mol. The van der Waals surface area contributed by atoms with Crippen molar-refractivity contribution in [2.24, 2.45) is 0 Å². The Balaban J connectivity index is 3.22. The van der Waals surface area contributed by atoms with Crippen LogP contribution in [0.25, 0.3) is 0 Å². The van der Waals surface area contributed by atoms with E-state index in [9.17, 15) is 4.79 Å². The number of rotatable bonds is 3. The molecule has 1 amide bonds.